The zero-order valence-electron chi connectivity index (χ0n) is 18.2. The van der Waals surface area contributed by atoms with Gasteiger partial charge in [-0.1, -0.05) is 36.4 Å². The lowest BCUT2D eigenvalue weighted by molar-refractivity contribution is -0.155. The van der Waals surface area contributed by atoms with Gasteiger partial charge in [0.2, 0.25) is 6.10 Å². The van der Waals surface area contributed by atoms with Gasteiger partial charge in [0, 0.05) is 11.3 Å². The molecule has 2 aromatic carbocycles. The maximum absolute atomic E-state index is 13.0. The van der Waals surface area contributed by atoms with E-state index in [0.29, 0.717) is 21.9 Å². The Kier molecular flexibility index (Phi) is 7.19. The van der Waals surface area contributed by atoms with E-state index in [1.54, 1.807) is 67.8 Å². The van der Waals surface area contributed by atoms with Crippen molar-refractivity contribution in [1.29, 1.82) is 0 Å². The molecule has 34 heavy (non-hydrogen) atoms. The average Bonchev–Trinajstić information content (AvgIpc) is 3.52. The van der Waals surface area contributed by atoms with Gasteiger partial charge in [-0.05, 0) is 35.7 Å². The molecule has 0 saturated heterocycles. The van der Waals surface area contributed by atoms with E-state index < -0.39 is 23.7 Å². The number of ether oxygens (including phenoxy) is 2. The third-order valence-corrected chi connectivity index (χ3v) is 5.67. The number of nitrogens with one attached hydrogen (secondary N) is 1. The van der Waals surface area contributed by atoms with Gasteiger partial charge in [-0.15, -0.1) is 16.4 Å². The van der Waals surface area contributed by atoms with Crippen molar-refractivity contribution in [2.45, 2.75) is 19.1 Å². The molecule has 0 spiro atoms. The zero-order valence-corrected chi connectivity index (χ0v) is 19.0. The summed E-state index contributed by atoms with van der Waals surface area (Å²) in [5, 5.41) is 8.70. The number of aryl methyl sites for hydroxylation is 1. The molecule has 4 aromatic rings. The highest BCUT2D eigenvalue weighted by Crippen LogP contribution is 2.23. The molecule has 0 aliphatic heterocycles. The molecule has 1 N–H and O–H groups in total. The number of hydrogen-bond acceptors (Lipinski definition) is 8. The summed E-state index contributed by atoms with van der Waals surface area (Å²) in [6, 6.07) is 19.1. The Morgan fingerprint density at radius 3 is 2.53 bits per heavy atom. The summed E-state index contributed by atoms with van der Waals surface area (Å²) in [6.07, 6.45) is -1.35. The van der Waals surface area contributed by atoms with Crippen LogP contribution in [0.3, 0.4) is 0 Å². The molecule has 9 nitrogen and oxygen atoms in total. The second-order valence-corrected chi connectivity index (χ2v) is 8.07. The topological polar surface area (TPSA) is 113 Å². The van der Waals surface area contributed by atoms with Crippen molar-refractivity contribution in [2.75, 3.05) is 12.4 Å². The van der Waals surface area contributed by atoms with E-state index in [9.17, 15) is 14.4 Å². The molecule has 0 bridgehead atoms. The Balaban J connectivity index is 1.43. The van der Waals surface area contributed by atoms with E-state index in [1.165, 1.54) is 11.3 Å². The maximum Gasteiger partial charge on any atom is 0.437 e. The summed E-state index contributed by atoms with van der Waals surface area (Å²) < 4.78 is 16.8. The number of carbonyl (C=O) groups excluding carboxylic acids is 2. The van der Waals surface area contributed by atoms with Crippen molar-refractivity contribution in [3.63, 3.8) is 0 Å². The van der Waals surface area contributed by atoms with Crippen molar-refractivity contribution in [1.82, 2.24) is 9.78 Å². The second-order valence-electron chi connectivity index (χ2n) is 7.12. The first-order chi connectivity index (χ1) is 16.5. The van der Waals surface area contributed by atoms with Crippen LogP contribution in [-0.4, -0.2) is 28.8 Å². The number of aromatic nitrogens is 2. The molecule has 1 amide bonds. The van der Waals surface area contributed by atoms with Crippen LogP contribution in [0.2, 0.25) is 0 Å². The molecule has 1 atom stereocenters. The van der Waals surface area contributed by atoms with Crippen LogP contribution >= 0.6 is 11.3 Å². The van der Waals surface area contributed by atoms with E-state index in [4.69, 9.17) is 13.9 Å². The SMILES string of the molecule is COc1ccc(NC(=O)C(OC(=O)CCn2nc(-c3cccs3)oc2=O)c2ccccc2)cc1. The fourth-order valence-corrected chi connectivity index (χ4v) is 3.76. The highest BCUT2D eigenvalue weighted by Gasteiger charge is 2.25. The summed E-state index contributed by atoms with van der Waals surface area (Å²) in [4.78, 5) is 38.3. The first-order valence-electron chi connectivity index (χ1n) is 10.3. The number of nitrogens with zero attached hydrogens (tertiary/aromatic N) is 2. The summed E-state index contributed by atoms with van der Waals surface area (Å²) >= 11 is 1.38. The van der Waals surface area contributed by atoms with Crippen LogP contribution in [0.15, 0.2) is 81.3 Å². The van der Waals surface area contributed by atoms with Gasteiger partial charge in [-0.3, -0.25) is 9.59 Å². The number of benzene rings is 2. The van der Waals surface area contributed by atoms with Crippen LogP contribution in [0.25, 0.3) is 10.8 Å². The normalized spacial score (nSPS) is 11.6. The molecule has 4 rings (SSSR count). The van der Waals surface area contributed by atoms with E-state index in [0.717, 1.165) is 4.68 Å². The van der Waals surface area contributed by atoms with Gasteiger partial charge in [0.15, 0.2) is 0 Å². The minimum absolute atomic E-state index is 0.0475. The number of thiophene rings is 1. The highest BCUT2D eigenvalue weighted by molar-refractivity contribution is 7.13. The number of hydrogen-bond donors (Lipinski definition) is 1. The number of rotatable bonds is 9. The van der Waals surface area contributed by atoms with Crippen molar-refractivity contribution in [2.24, 2.45) is 0 Å². The maximum atomic E-state index is 13.0. The Bertz CT molecular complexity index is 1300. The van der Waals surface area contributed by atoms with Gasteiger partial charge in [-0.25, -0.2) is 4.79 Å². The summed E-state index contributed by atoms with van der Waals surface area (Å²) in [7, 11) is 1.55. The lowest BCUT2D eigenvalue weighted by Gasteiger charge is -2.18. The van der Waals surface area contributed by atoms with Gasteiger partial charge in [-0.2, -0.15) is 4.68 Å². The number of methoxy groups -OCH3 is 1. The molecular weight excluding hydrogens is 458 g/mol. The van der Waals surface area contributed by atoms with Crippen LogP contribution in [-0.2, 0) is 20.9 Å². The van der Waals surface area contributed by atoms with Gasteiger partial charge < -0.3 is 19.2 Å². The lowest BCUT2D eigenvalue weighted by Crippen LogP contribution is -2.27. The second kappa shape index (κ2) is 10.6. The predicted octanol–water partition coefficient (Wildman–Crippen LogP) is 3.89. The quantitative estimate of drug-likeness (QED) is 0.363. The van der Waals surface area contributed by atoms with Crippen LogP contribution in [0, 0.1) is 0 Å². The molecular formula is C24H21N3O6S. The fourth-order valence-electron chi connectivity index (χ4n) is 3.12. The molecule has 0 radical (unpaired) electrons. The molecule has 1 unspecified atom stereocenters. The molecule has 0 aliphatic carbocycles. The minimum atomic E-state index is -1.17. The first-order valence-corrected chi connectivity index (χ1v) is 11.2. The van der Waals surface area contributed by atoms with E-state index in [-0.39, 0.29) is 18.9 Å². The van der Waals surface area contributed by atoms with Crippen LogP contribution in [0.4, 0.5) is 5.69 Å². The minimum Gasteiger partial charge on any atom is -0.497 e. The summed E-state index contributed by atoms with van der Waals surface area (Å²) in [6.45, 7) is -0.0475. The Morgan fingerprint density at radius 1 is 1.09 bits per heavy atom. The molecule has 2 heterocycles. The van der Waals surface area contributed by atoms with Gasteiger partial charge in [0.1, 0.15) is 5.75 Å². The average molecular weight is 480 g/mol. The van der Waals surface area contributed by atoms with Gasteiger partial charge >= 0.3 is 11.7 Å². The predicted molar refractivity (Wildman–Crippen MR) is 126 cm³/mol. The van der Waals surface area contributed by atoms with E-state index in [1.807, 2.05) is 11.4 Å². The lowest BCUT2D eigenvalue weighted by atomic mass is 10.1. The van der Waals surface area contributed by atoms with Gasteiger partial charge in [0.25, 0.3) is 11.8 Å². The van der Waals surface area contributed by atoms with Crippen LogP contribution in [0.1, 0.15) is 18.1 Å². The molecule has 2 aromatic heterocycles. The van der Waals surface area contributed by atoms with E-state index >= 15 is 0 Å². The largest absolute Gasteiger partial charge is 0.497 e. The smallest absolute Gasteiger partial charge is 0.437 e. The van der Waals surface area contributed by atoms with Crippen molar-refractivity contribution in [3.05, 3.63) is 88.2 Å². The number of esters is 1. The molecule has 0 fully saturated rings. The first kappa shape index (κ1) is 23.0. The molecule has 174 valence electrons. The Morgan fingerprint density at radius 2 is 1.85 bits per heavy atom. The monoisotopic (exact) mass is 479 g/mol. The van der Waals surface area contributed by atoms with Crippen molar-refractivity contribution in [3.8, 4) is 16.5 Å². The summed E-state index contributed by atoms with van der Waals surface area (Å²) in [5.74, 6) is -1.01. The molecule has 0 aliphatic rings. The Labute approximate surface area is 198 Å². The number of amides is 1. The third kappa shape index (κ3) is 5.59. The molecule has 10 heteroatoms. The van der Waals surface area contributed by atoms with Gasteiger partial charge in [0.05, 0.1) is 25.0 Å². The standard InChI is InChI=1S/C24H21N3O6S/c1-31-18-11-9-17(10-12-18)25-22(29)21(16-6-3-2-4-7-16)32-20(28)13-14-27-24(30)33-23(26-27)19-8-5-15-34-19/h2-12,15,21H,13-14H2,1H3,(H,25,29). The Hall–Kier alpha value is -4.18. The third-order valence-electron chi connectivity index (χ3n) is 4.81. The van der Waals surface area contributed by atoms with Crippen molar-refractivity contribution < 1.29 is 23.5 Å². The number of carbonyl (C=O) groups is 2. The zero-order chi connectivity index (χ0) is 23.9. The van der Waals surface area contributed by atoms with Crippen molar-refractivity contribution >= 4 is 28.9 Å². The van der Waals surface area contributed by atoms with Crippen LogP contribution < -0.4 is 15.8 Å². The number of anilines is 1. The summed E-state index contributed by atoms with van der Waals surface area (Å²) in [5.41, 5.74) is 1.04. The highest BCUT2D eigenvalue weighted by atomic mass is 32.1. The van der Waals surface area contributed by atoms with E-state index in [2.05, 4.69) is 10.4 Å². The fraction of sp³-hybridized carbons (Fsp3) is 0.167. The molecule has 0 saturated carbocycles. The van der Waals surface area contributed by atoms with Crippen LogP contribution in [0.5, 0.6) is 5.75 Å².